The van der Waals surface area contributed by atoms with Gasteiger partial charge in [0.1, 0.15) is 6.54 Å². The highest BCUT2D eigenvalue weighted by Gasteiger charge is 2.28. The average molecular weight is 511 g/mol. The summed E-state index contributed by atoms with van der Waals surface area (Å²) < 4.78 is 27.5. The van der Waals surface area contributed by atoms with Crippen LogP contribution in [0.2, 0.25) is 15.1 Å². The lowest BCUT2D eigenvalue weighted by atomic mass is 10.1. The van der Waals surface area contributed by atoms with Crippen LogP contribution in [0.4, 0.5) is 5.69 Å². The standard InChI is InChI=1S/C22H18Cl3N3O3S/c1-15(16-7-9-17(23)10-8-16)26-27-22(29)14-28(21-12-11-18(24)13-20(21)25)32(30,31)19-5-3-2-4-6-19/h2-13H,14H2,1H3,(H,27,29)/b26-15-. The zero-order valence-corrected chi connectivity index (χ0v) is 19.9. The van der Waals surface area contributed by atoms with Crippen LogP contribution < -0.4 is 9.73 Å². The number of hydrogen-bond donors (Lipinski definition) is 1. The van der Waals surface area contributed by atoms with Gasteiger partial charge in [0.15, 0.2) is 0 Å². The Hall–Kier alpha value is -2.58. The molecular weight excluding hydrogens is 493 g/mol. The van der Waals surface area contributed by atoms with Gasteiger partial charge in [0.05, 0.1) is 21.3 Å². The summed E-state index contributed by atoms with van der Waals surface area (Å²) in [4.78, 5) is 12.7. The molecule has 0 fully saturated rings. The Morgan fingerprint density at radius 3 is 2.19 bits per heavy atom. The van der Waals surface area contributed by atoms with Gasteiger partial charge in [-0.3, -0.25) is 9.10 Å². The third-order valence-electron chi connectivity index (χ3n) is 4.41. The monoisotopic (exact) mass is 509 g/mol. The molecule has 32 heavy (non-hydrogen) atoms. The highest BCUT2D eigenvalue weighted by Crippen LogP contribution is 2.32. The number of halogens is 3. The number of carbonyl (C=O) groups excluding carboxylic acids is 1. The Bertz CT molecular complexity index is 1250. The fourth-order valence-electron chi connectivity index (χ4n) is 2.77. The lowest BCUT2D eigenvalue weighted by Gasteiger charge is -2.24. The normalized spacial score (nSPS) is 11.8. The number of benzene rings is 3. The maximum Gasteiger partial charge on any atom is 0.264 e. The molecule has 0 bridgehead atoms. The molecule has 1 N–H and O–H groups in total. The van der Waals surface area contributed by atoms with Gasteiger partial charge in [-0.2, -0.15) is 5.10 Å². The van der Waals surface area contributed by atoms with Crippen LogP contribution in [0.1, 0.15) is 12.5 Å². The fourth-order valence-corrected chi connectivity index (χ4v) is 4.92. The SMILES string of the molecule is C/C(=N/NC(=O)CN(c1ccc(Cl)cc1Cl)S(=O)(=O)c1ccccc1)c1ccc(Cl)cc1. The second-order valence-corrected chi connectivity index (χ2v) is 9.80. The first-order valence-corrected chi connectivity index (χ1v) is 11.9. The van der Waals surface area contributed by atoms with Crippen LogP contribution >= 0.6 is 34.8 Å². The van der Waals surface area contributed by atoms with Crippen molar-refractivity contribution >= 4 is 62.1 Å². The number of nitrogens with zero attached hydrogens (tertiary/aromatic N) is 2. The topological polar surface area (TPSA) is 78.8 Å². The third-order valence-corrected chi connectivity index (χ3v) is 6.97. The summed E-state index contributed by atoms with van der Waals surface area (Å²) in [5, 5.41) is 5.06. The molecule has 0 aliphatic carbocycles. The summed E-state index contributed by atoms with van der Waals surface area (Å²) in [6.07, 6.45) is 0. The molecular formula is C22H18Cl3N3O3S. The van der Waals surface area contributed by atoms with E-state index in [1.54, 1.807) is 49.4 Å². The van der Waals surface area contributed by atoms with E-state index in [0.29, 0.717) is 15.8 Å². The molecule has 0 saturated carbocycles. The smallest absolute Gasteiger partial charge is 0.264 e. The summed E-state index contributed by atoms with van der Waals surface area (Å²) in [5.74, 6) is -0.649. The molecule has 0 heterocycles. The van der Waals surface area contributed by atoms with Gasteiger partial charge in [0, 0.05) is 10.0 Å². The molecule has 0 unspecified atom stereocenters. The van der Waals surface area contributed by atoms with Gasteiger partial charge in [-0.15, -0.1) is 0 Å². The number of anilines is 1. The lowest BCUT2D eigenvalue weighted by Crippen LogP contribution is -2.40. The number of amides is 1. The number of carbonyl (C=O) groups is 1. The minimum absolute atomic E-state index is 0.0136. The lowest BCUT2D eigenvalue weighted by molar-refractivity contribution is -0.119. The molecule has 0 saturated heterocycles. The molecule has 166 valence electrons. The van der Waals surface area contributed by atoms with Gasteiger partial charge in [-0.05, 0) is 55.0 Å². The van der Waals surface area contributed by atoms with Crippen molar-refractivity contribution in [1.82, 2.24) is 5.43 Å². The zero-order valence-electron chi connectivity index (χ0n) is 16.8. The quantitative estimate of drug-likeness (QED) is 0.342. The summed E-state index contributed by atoms with van der Waals surface area (Å²) in [5.41, 5.74) is 3.79. The van der Waals surface area contributed by atoms with Gasteiger partial charge in [-0.25, -0.2) is 13.8 Å². The van der Waals surface area contributed by atoms with Crippen molar-refractivity contribution in [1.29, 1.82) is 0 Å². The van der Waals surface area contributed by atoms with Gasteiger partial charge in [0.2, 0.25) is 0 Å². The van der Waals surface area contributed by atoms with Crippen LogP contribution in [0, 0.1) is 0 Å². The van der Waals surface area contributed by atoms with E-state index in [-0.39, 0.29) is 15.6 Å². The van der Waals surface area contributed by atoms with Crippen molar-refractivity contribution in [3.63, 3.8) is 0 Å². The van der Waals surface area contributed by atoms with Crippen molar-refractivity contribution < 1.29 is 13.2 Å². The summed E-state index contributed by atoms with van der Waals surface area (Å²) >= 11 is 18.1. The first-order valence-electron chi connectivity index (χ1n) is 9.30. The molecule has 6 nitrogen and oxygen atoms in total. The minimum Gasteiger partial charge on any atom is -0.271 e. The van der Waals surface area contributed by atoms with Crippen molar-refractivity contribution in [3.05, 3.63) is 93.4 Å². The van der Waals surface area contributed by atoms with Gasteiger partial charge in [-0.1, -0.05) is 65.1 Å². The average Bonchev–Trinajstić information content (AvgIpc) is 2.77. The number of nitrogens with one attached hydrogen (secondary N) is 1. The van der Waals surface area contributed by atoms with Gasteiger partial charge >= 0.3 is 0 Å². The van der Waals surface area contributed by atoms with E-state index in [9.17, 15) is 13.2 Å². The Labute approximate surface area is 201 Å². The number of hydrogen-bond acceptors (Lipinski definition) is 4. The number of hydrazone groups is 1. The fraction of sp³-hybridized carbons (Fsp3) is 0.0909. The molecule has 3 aromatic rings. The summed E-state index contributed by atoms with van der Waals surface area (Å²) in [7, 11) is -4.10. The predicted molar refractivity (Wildman–Crippen MR) is 129 cm³/mol. The van der Waals surface area contributed by atoms with Crippen LogP contribution in [0.5, 0.6) is 0 Å². The Balaban J connectivity index is 1.89. The molecule has 0 radical (unpaired) electrons. The molecule has 0 spiro atoms. The molecule has 1 amide bonds. The molecule has 3 aromatic carbocycles. The Morgan fingerprint density at radius 1 is 0.938 bits per heavy atom. The highest BCUT2D eigenvalue weighted by molar-refractivity contribution is 7.92. The van der Waals surface area contributed by atoms with Crippen LogP contribution in [0.3, 0.4) is 0 Å². The first-order chi connectivity index (χ1) is 15.2. The van der Waals surface area contributed by atoms with E-state index >= 15 is 0 Å². The minimum atomic E-state index is -4.10. The van der Waals surface area contributed by atoms with Crippen LogP contribution in [0.25, 0.3) is 0 Å². The molecule has 10 heteroatoms. The zero-order chi connectivity index (χ0) is 23.3. The van der Waals surface area contributed by atoms with Crippen LogP contribution in [0.15, 0.2) is 82.8 Å². The first kappa shape index (κ1) is 24.1. The van der Waals surface area contributed by atoms with Crippen LogP contribution in [-0.4, -0.2) is 26.6 Å². The van der Waals surface area contributed by atoms with Crippen molar-refractivity contribution in [3.8, 4) is 0 Å². The molecule has 0 aliphatic heterocycles. The van der Waals surface area contributed by atoms with E-state index < -0.39 is 22.5 Å². The molecule has 0 aliphatic rings. The maximum absolute atomic E-state index is 13.3. The van der Waals surface area contributed by atoms with E-state index in [2.05, 4.69) is 10.5 Å². The van der Waals surface area contributed by atoms with Crippen molar-refractivity contribution in [2.24, 2.45) is 5.10 Å². The van der Waals surface area contributed by atoms with Crippen molar-refractivity contribution in [2.45, 2.75) is 11.8 Å². The van der Waals surface area contributed by atoms with Gasteiger partial charge in [0.25, 0.3) is 15.9 Å². The van der Waals surface area contributed by atoms with E-state index in [0.717, 1.165) is 9.87 Å². The Morgan fingerprint density at radius 2 is 1.56 bits per heavy atom. The summed E-state index contributed by atoms with van der Waals surface area (Å²) in [6.45, 7) is 1.16. The van der Waals surface area contributed by atoms with E-state index in [1.165, 1.54) is 30.3 Å². The predicted octanol–water partition coefficient (Wildman–Crippen LogP) is 5.38. The van der Waals surface area contributed by atoms with E-state index in [4.69, 9.17) is 34.8 Å². The third kappa shape index (κ3) is 5.81. The number of rotatable bonds is 7. The molecule has 3 rings (SSSR count). The maximum atomic E-state index is 13.3. The Kier molecular flexibility index (Phi) is 7.79. The van der Waals surface area contributed by atoms with Crippen molar-refractivity contribution in [2.75, 3.05) is 10.8 Å². The number of sulfonamides is 1. The summed E-state index contributed by atoms with van der Waals surface area (Å²) in [6, 6.07) is 19.0. The van der Waals surface area contributed by atoms with E-state index in [1.807, 2.05) is 0 Å². The largest absolute Gasteiger partial charge is 0.271 e. The second kappa shape index (κ2) is 10.4. The van der Waals surface area contributed by atoms with Crippen LogP contribution in [-0.2, 0) is 14.8 Å². The second-order valence-electron chi connectivity index (χ2n) is 6.66. The highest BCUT2D eigenvalue weighted by atomic mass is 35.5. The molecule has 0 aromatic heterocycles. The molecule has 0 atom stereocenters. The van der Waals surface area contributed by atoms with Gasteiger partial charge < -0.3 is 0 Å².